The number of fused-ring (bicyclic) bond motifs is 1. The summed E-state index contributed by atoms with van der Waals surface area (Å²) in [4.78, 5) is 4.53. The van der Waals surface area contributed by atoms with Crippen LogP contribution < -0.4 is 4.57 Å². The minimum atomic E-state index is 1.08. The summed E-state index contributed by atoms with van der Waals surface area (Å²) in [6.07, 6.45) is 2.11. The number of nitrogens with zero attached hydrogens (tertiary/aromatic N) is 2. The zero-order valence-corrected chi connectivity index (χ0v) is 11.6. The first-order valence-electron chi connectivity index (χ1n) is 5.98. The van der Waals surface area contributed by atoms with Crippen molar-refractivity contribution in [3.8, 4) is 11.3 Å². The molecule has 0 amide bonds. The van der Waals surface area contributed by atoms with Crippen LogP contribution in [-0.4, -0.2) is 4.98 Å². The van der Waals surface area contributed by atoms with E-state index in [0.29, 0.717) is 0 Å². The summed E-state index contributed by atoms with van der Waals surface area (Å²) in [6, 6.07) is 10.7. The fourth-order valence-electron chi connectivity index (χ4n) is 2.26. The third kappa shape index (κ3) is 1.81. The number of benzene rings is 1. The standard InChI is InChI=1S/C15H15N2S/c1-10-6-4-5-7-12(10)14-8-15-13(9-17(14)3)16-11(2)18-15/h4-9H,1-3H3/q+1. The van der Waals surface area contributed by atoms with Crippen LogP contribution in [0.5, 0.6) is 0 Å². The molecule has 0 spiro atoms. The van der Waals surface area contributed by atoms with Crippen molar-refractivity contribution in [1.29, 1.82) is 0 Å². The highest BCUT2D eigenvalue weighted by atomic mass is 32.1. The molecular formula is C15H15N2S+. The van der Waals surface area contributed by atoms with Gasteiger partial charge >= 0.3 is 0 Å². The minimum absolute atomic E-state index is 1.08. The van der Waals surface area contributed by atoms with Gasteiger partial charge in [0, 0.05) is 11.6 Å². The van der Waals surface area contributed by atoms with Gasteiger partial charge in [0.1, 0.15) is 12.6 Å². The maximum atomic E-state index is 4.53. The zero-order valence-electron chi connectivity index (χ0n) is 10.8. The first-order chi connectivity index (χ1) is 8.65. The predicted molar refractivity (Wildman–Crippen MR) is 75.7 cm³/mol. The Morgan fingerprint density at radius 3 is 2.72 bits per heavy atom. The van der Waals surface area contributed by atoms with Crippen molar-refractivity contribution in [2.24, 2.45) is 7.05 Å². The second-order valence-electron chi connectivity index (χ2n) is 4.57. The summed E-state index contributed by atoms with van der Waals surface area (Å²) in [6.45, 7) is 4.20. The van der Waals surface area contributed by atoms with Crippen LogP contribution in [0.15, 0.2) is 36.5 Å². The molecule has 2 heterocycles. The molecule has 2 aromatic heterocycles. The fourth-order valence-corrected chi connectivity index (χ4v) is 3.10. The van der Waals surface area contributed by atoms with Crippen molar-refractivity contribution >= 4 is 21.6 Å². The fraction of sp³-hybridized carbons (Fsp3) is 0.200. The summed E-state index contributed by atoms with van der Waals surface area (Å²) in [5.74, 6) is 0. The van der Waals surface area contributed by atoms with Crippen molar-refractivity contribution in [3.63, 3.8) is 0 Å². The highest BCUT2D eigenvalue weighted by molar-refractivity contribution is 7.18. The largest absolute Gasteiger partial charge is 0.235 e. The molecule has 0 aliphatic rings. The van der Waals surface area contributed by atoms with E-state index in [1.807, 2.05) is 0 Å². The van der Waals surface area contributed by atoms with Gasteiger partial charge in [-0.05, 0) is 25.5 Å². The quantitative estimate of drug-likeness (QED) is 0.609. The minimum Gasteiger partial charge on any atom is -0.235 e. The average Bonchev–Trinajstić information content (AvgIpc) is 2.68. The lowest BCUT2D eigenvalue weighted by Crippen LogP contribution is -2.30. The smallest absolute Gasteiger partial charge is 0.214 e. The van der Waals surface area contributed by atoms with E-state index in [2.05, 4.69) is 67.0 Å². The summed E-state index contributed by atoms with van der Waals surface area (Å²) >= 11 is 1.75. The number of thiazole rings is 1. The molecular weight excluding hydrogens is 240 g/mol. The first kappa shape index (κ1) is 11.4. The Morgan fingerprint density at radius 1 is 1.17 bits per heavy atom. The van der Waals surface area contributed by atoms with Gasteiger partial charge in [-0.15, -0.1) is 11.3 Å². The molecule has 0 atom stereocenters. The summed E-state index contributed by atoms with van der Waals surface area (Å²) < 4.78 is 3.41. The number of aryl methyl sites for hydroxylation is 3. The van der Waals surface area contributed by atoms with E-state index in [1.54, 1.807) is 11.3 Å². The third-order valence-electron chi connectivity index (χ3n) is 3.17. The molecule has 2 nitrogen and oxygen atoms in total. The number of hydrogen-bond acceptors (Lipinski definition) is 2. The van der Waals surface area contributed by atoms with Crippen LogP contribution >= 0.6 is 11.3 Å². The van der Waals surface area contributed by atoms with E-state index in [9.17, 15) is 0 Å². The molecule has 0 fully saturated rings. The van der Waals surface area contributed by atoms with Crippen LogP contribution in [0, 0.1) is 13.8 Å². The second-order valence-corrected chi connectivity index (χ2v) is 5.80. The lowest BCUT2D eigenvalue weighted by Gasteiger charge is -2.03. The molecule has 0 saturated carbocycles. The number of aromatic nitrogens is 2. The van der Waals surface area contributed by atoms with E-state index in [1.165, 1.54) is 21.5 Å². The van der Waals surface area contributed by atoms with Crippen LogP contribution in [0.1, 0.15) is 10.6 Å². The molecule has 0 aliphatic carbocycles. The monoisotopic (exact) mass is 255 g/mol. The molecule has 3 heteroatoms. The highest BCUT2D eigenvalue weighted by Gasteiger charge is 2.15. The lowest BCUT2D eigenvalue weighted by molar-refractivity contribution is -0.659. The van der Waals surface area contributed by atoms with Gasteiger partial charge < -0.3 is 0 Å². The Balaban J connectivity index is 2.29. The van der Waals surface area contributed by atoms with Gasteiger partial charge in [0.2, 0.25) is 5.69 Å². The molecule has 0 saturated heterocycles. The maximum absolute atomic E-state index is 4.53. The van der Waals surface area contributed by atoms with Crippen molar-refractivity contribution in [3.05, 3.63) is 47.1 Å². The van der Waals surface area contributed by atoms with Crippen LogP contribution in [0.25, 0.3) is 21.5 Å². The van der Waals surface area contributed by atoms with E-state index in [-0.39, 0.29) is 0 Å². The van der Waals surface area contributed by atoms with Gasteiger partial charge in [0.25, 0.3) is 0 Å². The molecule has 0 unspecified atom stereocenters. The van der Waals surface area contributed by atoms with Gasteiger partial charge in [0.05, 0.1) is 9.71 Å². The molecule has 0 bridgehead atoms. The Kier molecular flexibility index (Phi) is 2.63. The molecule has 0 N–H and O–H groups in total. The van der Waals surface area contributed by atoms with Crippen molar-refractivity contribution in [2.45, 2.75) is 13.8 Å². The van der Waals surface area contributed by atoms with Crippen molar-refractivity contribution < 1.29 is 4.57 Å². The Bertz CT molecular complexity index is 728. The Morgan fingerprint density at radius 2 is 1.94 bits per heavy atom. The van der Waals surface area contributed by atoms with Crippen LogP contribution in [-0.2, 0) is 7.05 Å². The molecule has 90 valence electrons. The van der Waals surface area contributed by atoms with E-state index < -0.39 is 0 Å². The predicted octanol–water partition coefficient (Wildman–Crippen LogP) is 3.40. The topological polar surface area (TPSA) is 16.8 Å². The van der Waals surface area contributed by atoms with Gasteiger partial charge in [-0.3, -0.25) is 0 Å². The van der Waals surface area contributed by atoms with Gasteiger partial charge in [-0.1, -0.05) is 18.2 Å². The SMILES string of the molecule is Cc1nc2c[n+](C)c(-c3ccccc3C)cc2s1. The van der Waals surface area contributed by atoms with E-state index >= 15 is 0 Å². The number of rotatable bonds is 1. The average molecular weight is 255 g/mol. The Hall–Kier alpha value is -1.74. The van der Waals surface area contributed by atoms with Crippen molar-refractivity contribution in [2.75, 3.05) is 0 Å². The molecule has 0 radical (unpaired) electrons. The third-order valence-corrected chi connectivity index (χ3v) is 4.11. The van der Waals surface area contributed by atoms with Gasteiger partial charge in [0.15, 0.2) is 6.20 Å². The number of pyridine rings is 1. The number of hydrogen-bond donors (Lipinski definition) is 0. The molecule has 3 aromatic rings. The summed E-state index contributed by atoms with van der Waals surface area (Å²) in [7, 11) is 2.08. The van der Waals surface area contributed by atoms with E-state index in [4.69, 9.17) is 0 Å². The molecule has 0 aliphatic heterocycles. The van der Waals surface area contributed by atoms with E-state index in [0.717, 1.165) is 10.5 Å². The zero-order chi connectivity index (χ0) is 12.7. The maximum Gasteiger partial charge on any atom is 0.214 e. The molecule has 3 rings (SSSR count). The van der Waals surface area contributed by atoms with Gasteiger partial charge in [-0.2, -0.15) is 4.57 Å². The summed E-state index contributed by atoms with van der Waals surface area (Å²) in [5.41, 5.74) is 4.91. The Labute approximate surface area is 111 Å². The van der Waals surface area contributed by atoms with Crippen LogP contribution in [0.2, 0.25) is 0 Å². The summed E-state index contributed by atoms with van der Waals surface area (Å²) in [5, 5.41) is 1.12. The molecule has 1 aromatic carbocycles. The van der Waals surface area contributed by atoms with Crippen molar-refractivity contribution in [1.82, 2.24) is 4.98 Å². The molecule has 18 heavy (non-hydrogen) atoms. The first-order valence-corrected chi connectivity index (χ1v) is 6.79. The van der Waals surface area contributed by atoms with Crippen LogP contribution in [0.3, 0.4) is 0 Å². The normalized spacial score (nSPS) is 11.1. The lowest BCUT2D eigenvalue weighted by atomic mass is 10.1. The highest BCUT2D eigenvalue weighted by Crippen LogP contribution is 2.26. The van der Waals surface area contributed by atoms with Gasteiger partial charge in [-0.25, -0.2) is 4.98 Å². The second kappa shape index (κ2) is 4.18. The van der Waals surface area contributed by atoms with Crippen LogP contribution in [0.4, 0.5) is 0 Å².